The largest absolute Gasteiger partial charge is 0.351 e. The Bertz CT molecular complexity index is 226. The number of piperidine rings is 1. The van der Waals surface area contributed by atoms with Crippen molar-refractivity contribution in [2.24, 2.45) is 0 Å². The van der Waals surface area contributed by atoms with Gasteiger partial charge in [-0.25, -0.2) is 0 Å². The third-order valence-electron chi connectivity index (χ3n) is 3.36. The molecule has 0 aromatic rings. The van der Waals surface area contributed by atoms with Crippen molar-refractivity contribution < 1.29 is 4.79 Å². The van der Waals surface area contributed by atoms with Crippen LogP contribution in [-0.4, -0.2) is 49.6 Å². The van der Waals surface area contributed by atoms with Gasteiger partial charge in [-0.15, -0.1) is 0 Å². The van der Waals surface area contributed by atoms with E-state index in [0.717, 1.165) is 32.5 Å². The van der Waals surface area contributed by atoms with Crippen molar-refractivity contribution in [2.75, 3.05) is 26.7 Å². The van der Waals surface area contributed by atoms with Gasteiger partial charge in [0.2, 0.25) is 5.91 Å². The van der Waals surface area contributed by atoms with Gasteiger partial charge in [0.25, 0.3) is 0 Å². The molecule has 1 unspecified atom stereocenters. The number of rotatable bonds is 2. The van der Waals surface area contributed by atoms with Gasteiger partial charge in [0.15, 0.2) is 0 Å². The minimum atomic E-state index is 0.0599. The molecule has 2 heterocycles. The second-order valence-electron chi connectivity index (χ2n) is 4.76. The average molecular weight is 211 g/mol. The van der Waals surface area contributed by atoms with E-state index in [1.54, 1.807) is 0 Å². The third kappa shape index (κ3) is 2.92. The second-order valence-corrected chi connectivity index (χ2v) is 4.76. The highest BCUT2D eigenvalue weighted by Crippen LogP contribution is 2.10. The lowest BCUT2D eigenvalue weighted by atomic mass is 10.0. The number of hydrogen-bond acceptors (Lipinski definition) is 3. The van der Waals surface area contributed by atoms with Gasteiger partial charge in [-0.3, -0.25) is 4.79 Å². The Morgan fingerprint density at radius 3 is 2.87 bits per heavy atom. The first-order chi connectivity index (χ1) is 7.25. The van der Waals surface area contributed by atoms with Crippen LogP contribution in [0.15, 0.2) is 0 Å². The zero-order valence-corrected chi connectivity index (χ0v) is 9.46. The Kier molecular flexibility index (Phi) is 3.59. The number of likely N-dealkylation sites (N-methyl/N-ethyl adjacent to an activating group) is 1. The van der Waals surface area contributed by atoms with E-state index in [9.17, 15) is 4.79 Å². The molecule has 0 bridgehead atoms. The predicted molar refractivity (Wildman–Crippen MR) is 59.7 cm³/mol. The van der Waals surface area contributed by atoms with Gasteiger partial charge in [-0.2, -0.15) is 0 Å². The van der Waals surface area contributed by atoms with Crippen molar-refractivity contribution in [1.29, 1.82) is 0 Å². The van der Waals surface area contributed by atoms with Crippen LogP contribution in [0.25, 0.3) is 0 Å². The molecule has 2 atom stereocenters. The molecule has 2 aliphatic heterocycles. The summed E-state index contributed by atoms with van der Waals surface area (Å²) in [4.78, 5) is 14.1. The highest BCUT2D eigenvalue weighted by atomic mass is 16.2. The zero-order chi connectivity index (χ0) is 10.7. The highest BCUT2D eigenvalue weighted by Gasteiger charge is 2.25. The molecule has 0 saturated carbocycles. The monoisotopic (exact) mass is 211 g/mol. The first-order valence-electron chi connectivity index (χ1n) is 5.98. The summed E-state index contributed by atoms with van der Waals surface area (Å²) in [5, 5.41) is 6.41. The summed E-state index contributed by atoms with van der Waals surface area (Å²) in [5.74, 6) is 0.204. The molecule has 4 nitrogen and oxygen atoms in total. The number of hydrogen-bond donors (Lipinski definition) is 2. The number of nitrogens with one attached hydrogen (secondary N) is 2. The molecule has 1 amide bonds. The van der Waals surface area contributed by atoms with E-state index < -0.39 is 0 Å². The maximum Gasteiger partial charge on any atom is 0.237 e. The normalized spacial score (nSPS) is 32.9. The Labute approximate surface area is 91.4 Å². The zero-order valence-electron chi connectivity index (χ0n) is 9.46. The highest BCUT2D eigenvalue weighted by molar-refractivity contribution is 5.82. The topological polar surface area (TPSA) is 44.4 Å². The lowest BCUT2D eigenvalue weighted by Gasteiger charge is -2.24. The fraction of sp³-hybridized carbons (Fsp3) is 0.909. The minimum absolute atomic E-state index is 0.0599. The number of likely N-dealkylation sites (tertiary alicyclic amines) is 1. The number of carbonyl (C=O) groups is 1. The van der Waals surface area contributed by atoms with Crippen LogP contribution in [0.1, 0.15) is 25.7 Å². The summed E-state index contributed by atoms with van der Waals surface area (Å²) < 4.78 is 0. The van der Waals surface area contributed by atoms with Crippen molar-refractivity contribution in [2.45, 2.75) is 37.8 Å². The average Bonchev–Trinajstić information content (AvgIpc) is 2.65. The maximum absolute atomic E-state index is 11.9. The standard InChI is InChI=1S/C11H21N3O/c1-14-7-5-9(8-14)13-11(15)10-4-2-3-6-12-10/h9-10,12H,2-8H2,1H3,(H,13,15)/t9?,10-/m1/s1. The molecule has 15 heavy (non-hydrogen) atoms. The molecule has 4 heteroatoms. The fourth-order valence-electron chi connectivity index (χ4n) is 2.43. The first-order valence-corrected chi connectivity index (χ1v) is 5.98. The van der Waals surface area contributed by atoms with Crippen LogP contribution in [-0.2, 0) is 4.79 Å². The van der Waals surface area contributed by atoms with Crippen LogP contribution in [0.3, 0.4) is 0 Å². The van der Waals surface area contributed by atoms with E-state index in [-0.39, 0.29) is 11.9 Å². The quantitative estimate of drug-likeness (QED) is 0.673. The van der Waals surface area contributed by atoms with Crippen LogP contribution in [0, 0.1) is 0 Å². The van der Waals surface area contributed by atoms with Gasteiger partial charge in [0.1, 0.15) is 0 Å². The summed E-state index contributed by atoms with van der Waals surface area (Å²) in [6, 6.07) is 0.427. The summed E-state index contributed by atoms with van der Waals surface area (Å²) in [5.41, 5.74) is 0. The fourth-order valence-corrected chi connectivity index (χ4v) is 2.43. The van der Waals surface area contributed by atoms with Gasteiger partial charge in [0, 0.05) is 12.6 Å². The van der Waals surface area contributed by atoms with Crippen molar-refractivity contribution in [3.8, 4) is 0 Å². The van der Waals surface area contributed by atoms with Gasteiger partial charge in [-0.05, 0) is 39.4 Å². The molecular formula is C11H21N3O. The maximum atomic E-state index is 11.9. The lowest BCUT2D eigenvalue weighted by molar-refractivity contribution is -0.124. The number of carbonyl (C=O) groups excluding carboxylic acids is 1. The van der Waals surface area contributed by atoms with E-state index >= 15 is 0 Å². The molecule has 0 aromatic carbocycles. The molecule has 2 saturated heterocycles. The molecule has 0 aromatic heterocycles. The summed E-state index contributed by atoms with van der Waals surface area (Å²) in [7, 11) is 2.10. The summed E-state index contributed by atoms with van der Waals surface area (Å²) in [6.45, 7) is 3.09. The molecule has 2 rings (SSSR count). The molecule has 0 spiro atoms. The molecule has 2 N–H and O–H groups in total. The Hall–Kier alpha value is -0.610. The molecule has 0 radical (unpaired) electrons. The smallest absolute Gasteiger partial charge is 0.237 e. The predicted octanol–water partition coefficient (Wildman–Crippen LogP) is -0.0512. The molecule has 2 aliphatic rings. The van der Waals surface area contributed by atoms with Gasteiger partial charge in [0.05, 0.1) is 6.04 Å². The molecule has 2 fully saturated rings. The third-order valence-corrected chi connectivity index (χ3v) is 3.36. The van der Waals surface area contributed by atoms with Gasteiger partial charge in [-0.1, -0.05) is 6.42 Å². The second kappa shape index (κ2) is 4.94. The molecule has 86 valence electrons. The van der Waals surface area contributed by atoms with Crippen molar-refractivity contribution >= 4 is 5.91 Å². The molecule has 0 aliphatic carbocycles. The minimum Gasteiger partial charge on any atom is -0.351 e. The van der Waals surface area contributed by atoms with Crippen LogP contribution in [0.2, 0.25) is 0 Å². The summed E-state index contributed by atoms with van der Waals surface area (Å²) in [6.07, 6.45) is 4.47. The van der Waals surface area contributed by atoms with Crippen molar-refractivity contribution in [3.63, 3.8) is 0 Å². The van der Waals surface area contributed by atoms with Crippen LogP contribution in [0.5, 0.6) is 0 Å². The van der Waals surface area contributed by atoms with Crippen LogP contribution < -0.4 is 10.6 Å². The van der Waals surface area contributed by atoms with E-state index in [1.165, 1.54) is 12.8 Å². The Balaban J connectivity index is 1.76. The van der Waals surface area contributed by atoms with Crippen LogP contribution >= 0.6 is 0 Å². The summed E-state index contributed by atoms with van der Waals surface area (Å²) >= 11 is 0. The van der Waals surface area contributed by atoms with E-state index in [2.05, 4.69) is 22.6 Å². The van der Waals surface area contributed by atoms with Gasteiger partial charge < -0.3 is 15.5 Å². The SMILES string of the molecule is CN1CCC(NC(=O)[C@H]2CCCCN2)C1. The Morgan fingerprint density at radius 2 is 2.27 bits per heavy atom. The number of amides is 1. The first kappa shape index (κ1) is 10.9. The Morgan fingerprint density at radius 1 is 1.40 bits per heavy atom. The van der Waals surface area contributed by atoms with Gasteiger partial charge >= 0.3 is 0 Å². The van der Waals surface area contributed by atoms with Crippen molar-refractivity contribution in [1.82, 2.24) is 15.5 Å². The van der Waals surface area contributed by atoms with Crippen molar-refractivity contribution in [3.05, 3.63) is 0 Å². The van der Waals surface area contributed by atoms with E-state index in [1.807, 2.05) is 0 Å². The number of nitrogens with zero attached hydrogens (tertiary/aromatic N) is 1. The van der Waals surface area contributed by atoms with E-state index in [4.69, 9.17) is 0 Å². The molecular weight excluding hydrogens is 190 g/mol. The lowest BCUT2D eigenvalue weighted by Crippen LogP contribution is -2.50. The van der Waals surface area contributed by atoms with Crippen LogP contribution in [0.4, 0.5) is 0 Å². The van der Waals surface area contributed by atoms with E-state index in [0.29, 0.717) is 6.04 Å².